The van der Waals surface area contributed by atoms with Gasteiger partial charge in [-0.05, 0) is 36.4 Å². The molecule has 2 aromatic rings. The van der Waals surface area contributed by atoms with Gasteiger partial charge in [-0.3, -0.25) is 9.59 Å². The van der Waals surface area contributed by atoms with Crippen LogP contribution < -0.4 is 9.91 Å². The maximum absolute atomic E-state index is 13.0. The summed E-state index contributed by atoms with van der Waals surface area (Å²) >= 11 is 5.92. The standard InChI is InChI=1S/C21H21ClN4O2/c22-16-6-8-18(9-7-16)26-20(27)11-10-19(23-26)21(28)25-14-12-24(13-15-25)17-4-2-1-3-5-17/h1-9H,10-15H2. The molecule has 1 saturated heterocycles. The van der Waals surface area contributed by atoms with Gasteiger partial charge in [-0.2, -0.15) is 5.10 Å². The number of anilines is 2. The van der Waals surface area contributed by atoms with E-state index in [2.05, 4.69) is 22.1 Å². The van der Waals surface area contributed by atoms with Gasteiger partial charge in [0.05, 0.1) is 5.69 Å². The Hall–Kier alpha value is -2.86. The van der Waals surface area contributed by atoms with E-state index in [0.717, 1.165) is 13.1 Å². The van der Waals surface area contributed by atoms with Gasteiger partial charge < -0.3 is 9.80 Å². The monoisotopic (exact) mass is 396 g/mol. The first-order valence-electron chi connectivity index (χ1n) is 9.37. The molecule has 0 saturated carbocycles. The van der Waals surface area contributed by atoms with Gasteiger partial charge >= 0.3 is 0 Å². The average Bonchev–Trinajstić information content (AvgIpc) is 2.75. The normalized spacial score (nSPS) is 17.5. The molecule has 2 heterocycles. The lowest BCUT2D eigenvalue weighted by molar-refractivity contribution is -0.124. The summed E-state index contributed by atoms with van der Waals surface area (Å²) < 4.78 is 0. The second-order valence-corrected chi connectivity index (χ2v) is 7.28. The van der Waals surface area contributed by atoms with Gasteiger partial charge in [-0.1, -0.05) is 29.8 Å². The number of hydrazone groups is 1. The van der Waals surface area contributed by atoms with Crippen LogP contribution in [0.25, 0.3) is 0 Å². The molecule has 2 aromatic carbocycles. The highest BCUT2D eigenvalue weighted by molar-refractivity contribution is 6.40. The van der Waals surface area contributed by atoms with Gasteiger partial charge in [-0.25, -0.2) is 5.01 Å². The smallest absolute Gasteiger partial charge is 0.270 e. The molecule has 0 N–H and O–H groups in total. The van der Waals surface area contributed by atoms with Crippen molar-refractivity contribution in [3.05, 3.63) is 59.6 Å². The summed E-state index contributed by atoms with van der Waals surface area (Å²) in [5, 5.41) is 6.27. The fourth-order valence-electron chi connectivity index (χ4n) is 3.48. The van der Waals surface area contributed by atoms with Gasteiger partial charge in [0.25, 0.3) is 5.91 Å². The van der Waals surface area contributed by atoms with Crippen molar-refractivity contribution in [1.82, 2.24) is 4.90 Å². The summed E-state index contributed by atoms with van der Waals surface area (Å²) in [5.41, 5.74) is 2.22. The molecule has 2 aliphatic rings. The second-order valence-electron chi connectivity index (χ2n) is 6.84. The number of hydrogen-bond donors (Lipinski definition) is 0. The number of hydrogen-bond acceptors (Lipinski definition) is 4. The molecule has 0 aromatic heterocycles. The molecule has 4 rings (SSSR count). The Morgan fingerprint density at radius 3 is 2.21 bits per heavy atom. The predicted octanol–water partition coefficient (Wildman–Crippen LogP) is 3.17. The van der Waals surface area contributed by atoms with E-state index in [1.807, 2.05) is 23.1 Å². The second kappa shape index (κ2) is 8.02. The quantitative estimate of drug-likeness (QED) is 0.800. The highest BCUT2D eigenvalue weighted by Gasteiger charge is 2.30. The lowest BCUT2D eigenvalue weighted by Crippen LogP contribution is -2.51. The fraction of sp³-hybridized carbons (Fsp3) is 0.286. The van der Waals surface area contributed by atoms with Gasteiger partial charge in [-0.15, -0.1) is 0 Å². The summed E-state index contributed by atoms with van der Waals surface area (Å²) in [5.74, 6) is -0.202. The number of halogens is 1. The summed E-state index contributed by atoms with van der Waals surface area (Å²) in [4.78, 5) is 29.3. The minimum absolute atomic E-state index is 0.0841. The zero-order valence-corrected chi connectivity index (χ0v) is 16.2. The minimum atomic E-state index is -0.118. The first-order chi connectivity index (χ1) is 13.6. The molecule has 0 bridgehead atoms. The molecule has 144 valence electrons. The molecule has 0 radical (unpaired) electrons. The van der Waals surface area contributed by atoms with E-state index >= 15 is 0 Å². The van der Waals surface area contributed by atoms with Crippen molar-refractivity contribution in [3.63, 3.8) is 0 Å². The zero-order chi connectivity index (χ0) is 19.5. The molecule has 2 amide bonds. The van der Waals surface area contributed by atoms with E-state index < -0.39 is 0 Å². The number of amides is 2. The van der Waals surface area contributed by atoms with Gasteiger partial charge in [0.2, 0.25) is 5.91 Å². The maximum Gasteiger partial charge on any atom is 0.270 e. The molecule has 0 aliphatic carbocycles. The minimum Gasteiger partial charge on any atom is -0.368 e. The number of rotatable bonds is 3. The van der Waals surface area contributed by atoms with Crippen LogP contribution in [0, 0.1) is 0 Å². The number of benzene rings is 2. The first kappa shape index (κ1) is 18.5. The largest absolute Gasteiger partial charge is 0.368 e. The lowest BCUT2D eigenvalue weighted by Gasteiger charge is -2.36. The van der Waals surface area contributed by atoms with E-state index in [9.17, 15) is 9.59 Å². The Bertz CT molecular complexity index is 890. The maximum atomic E-state index is 13.0. The van der Waals surface area contributed by atoms with Crippen LogP contribution >= 0.6 is 11.6 Å². The van der Waals surface area contributed by atoms with Crippen molar-refractivity contribution in [2.75, 3.05) is 36.1 Å². The molecular weight excluding hydrogens is 376 g/mol. The van der Waals surface area contributed by atoms with Crippen molar-refractivity contribution in [2.45, 2.75) is 12.8 Å². The van der Waals surface area contributed by atoms with E-state index in [1.54, 1.807) is 24.3 Å². The molecule has 0 spiro atoms. The summed E-state index contributed by atoms with van der Waals surface area (Å²) in [6.07, 6.45) is 0.651. The third-order valence-electron chi connectivity index (χ3n) is 5.04. The van der Waals surface area contributed by atoms with E-state index in [4.69, 9.17) is 11.6 Å². The highest BCUT2D eigenvalue weighted by atomic mass is 35.5. The summed E-state index contributed by atoms with van der Waals surface area (Å²) in [6, 6.07) is 17.1. The summed E-state index contributed by atoms with van der Waals surface area (Å²) in [7, 11) is 0. The van der Waals surface area contributed by atoms with E-state index in [0.29, 0.717) is 35.9 Å². The fourth-order valence-corrected chi connectivity index (χ4v) is 3.61. The molecule has 2 aliphatic heterocycles. The van der Waals surface area contributed by atoms with Crippen LogP contribution in [0.3, 0.4) is 0 Å². The Morgan fingerprint density at radius 1 is 0.857 bits per heavy atom. The third kappa shape index (κ3) is 3.87. The first-order valence-corrected chi connectivity index (χ1v) is 9.75. The van der Waals surface area contributed by atoms with Crippen molar-refractivity contribution in [3.8, 4) is 0 Å². The predicted molar refractivity (Wildman–Crippen MR) is 111 cm³/mol. The number of nitrogens with zero attached hydrogens (tertiary/aromatic N) is 4. The van der Waals surface area contributed by atoms with Crippen LogP contribution in [0.5, 0.6) is 0 Å². The highest BCUT2D eigenvalue weighted by Crippen LogP contribution is 2.23. The molecule has 0 unspecified atom stereocenters. The average molecular weight is 397 g/mol. The van der Waals surface area contributed by atoms with Gasteiger partial charge in [0.15, 0.2) is 0 Å². The number of carbonyl (C=O) groups excluding carboxylic acids is 2. The van der Waals surface area contributed by atoms with Crippen molar-refractivity contribution in [2.24, 2.45) is 5.10 Å². The third-order valence-corrected chi connectivity index (χ3v) is 5.29. The molecule has 1 fully saturated rings. The molecule has 6 nitrogen and oxygen atoms in total. The summed E-state index contributed by atoms with van der Waals surface area (Å²) in [6.45, 7) is 2.84. The topological polar surface area (TPSA) is 56.2 Å². The Kier molecular flexibility index (Phi) is 5.30. The van der Waals surface area contributed by atoms with Crippen LogP contribution in [0.2, 0.25) is 5.02 Å². The molecule has 28 heavy (non-hydrogen) atoms. The SMILES string of the molecule is O=C(C1=NN(c2ccc(Cl)cc2)C(=O)CC1)N1CCN(c2ccccc2)CC1. The zero-order valence-electron chi connectivity index (χ0n) is 15.4. The Labute approximate surface area is 169 Å². The van der Waals surface area contributed by atoms with Crippen LogP contribution in [0.4, 0.5) is 11.4 Å². The number of piperazine rings is 1. The van der Waals surface area contributed by atoms with Crippen LogP contribution in [0.15, 0.2) is 59.7 Å². The van der Waals surface area contributed by atoms with Crippen molar-refractivity contribution < 1.29 is 9.59 Å². The number of para-hydroxylation sites is 1. The van der Waals surface area contributed by atoms with Crippen LogP contribution in [-0.4, -0.2) is 48.6 Å². The van der Waals surface area contributed by atoms with E-state index in [1.165, 1.54) is 10.7 Å². The van der Waals surface area contributed by atoms with Crippen molar-refractivity contribution >= 4 is 40.5 Å². The van der Waals surface area contributed by atoms with E-state index in [-0.39, 0.29) is 18.2 Å². The Balaban J connectivity index is 1.45. The molecule has 0 atom stereocenters. The Morgan fingerprint density at radius 2 is 1.54 bits per heavy atom. The lowest BCUT2D eigenvalue weighted by atomic mass is 10.1. The number of carbonyl (C=O) groups is 2. The van der Waals surface area contributed by atoms with Gasteiger partial charge in [0, 0.05) is 49.7 Å². The van der Waals surface area contributed by atoms with Gasteiger partial charge in [0.1, 0.15) is 5.71 Å². The van der Waals surface area contributed by atoms with Crippen LogP contribution in [0.1, 0.15) is 12.8 Å². The van der Waals surface area contributed by atoms with Crippen LogP contribution in [-0.2, 0) is 9.59 Å². The molecule has 7 heteroatoms. The molecular formula is C21H21ClN4O2. The van der Waals surface area contributed by atoms with Crippen molar-refractivity contribution in [1.29, 1.82) is 0 Å².